The van der Waals surface area contributed by atoms with Crippen LogP contribution in [0.3, 0.4) is 0 Å². The van der Waals surface area contributed by atoms with Crippen molar-refractivity contribution in [1.29, 1.82) is 0 Å². The number of rotatable bonds is 4. The topological polar surface area (TPSA) is 71.6 Å². The summed E-state index contributed by atoms with van der Waals surface area (Å²) in [5.41, 5.74) is -1.43. The van der Waals surface area contributed by atoms with Gasteiger partial charge in [-0.25, -0.2) is 0 Å². The molecule has 3 rings (SSSR count). The van der Waals surface area contributed by atoms with Crippen molar-refractivity contribution in [3.63, 3.8) is 0 Å². The molecule has 1 aliphatic heterocycles. The van der Waals surface area contributed by atoms with Gasteiger partial charge in [-0.1, -0.05) is 11.6 Å². The number of carboxylic acids is 1. The van der Waals surface area contributed by atoms with Gasteiger partial charge in [0.1, 0.15) is 5.60 Å². The van der Waals surface area contributed by atoms with Crippen molar-refractivity contribution < 1.29 is 32.5 Å². The molecular weight excluding hydrogens is 363 g/mol. The number of aromatic amines is 1. The molecule has 2 aromatic rings. The van der Waals surface area contributed by atoms with E-state index in [1.165, 1.54) is 13.2 Å². The molecule has 1 aromatic heterocycles. The van der Waals surface area contributed by atoms with E-state index >= 15 is 0 Å². The Morgan fingerprint density at radius 3 is 2.80 bits per heavy atom. The number of ether oxygens (including phenoxy) is 2. The highest BCUT2D eigenvalue weighted by Crippen LogP contribution is 2.45. The summed E-state index contributed by atoms with van der Waals surface area (Å²) >= 11 is 6.09. The maximum Gasteiger partial charge on any atom is 0.417 e. The van der Waals surface area contributed by atoms with Crippen molar-refractivity contribution in [2.75, 3.05) is 20.3 Å². The zero-order chi connectivity index (χ0) is 18.4. The van der Waals surface area contributed by atoms with Crippen molar-refractivity contribution in [2.45, 2.75) is 24.6 Å². The maximum absolute atomic E-state index is 13.4. The SMILES string of the molecule is COCC1(CC(=O)O)OCCc2c1[nH]c1c(Cl)ccc(C(F)(F)F)c21. The lowest BCUT2D eigenvalue weighted by molar-refractivity contribution is -0.155. The lowest BCUT2D eigenvalue weighted by Gasteiger charge is -2.35. The molecule has 5 nitrogen and oxygen atoms in total. The van der Waals surface area contributed by atoms with Gasteiger partial charge in [-0.05, 0) is 24.1 Å². The van der Waals surface area contributed by atoms with E-state index in [9.17, 15) is 23.1 Å². The number of H-pyrrole nitrogens is 1. The zero-order valence-electron chi connectivity index (χ0n) is 13.2. The number of carbonyl (C=O) groups is 1. The summed E-state index contributed by atoms with van der Waals surface area (Å²) in [5, 5.41) is 9.33. The first-order valence-corrected chi connectivity index (χ1v) is 7.83. The van der Waals surface area contributed by atoms with E-state index in [1.54, 1.807) is 0 Å². The Labute approximate surface area is 145 Å². The van der Waals surface area contributed by atoms with Crippen LogP contribution in [0.1, 0.15) is 23.2 Å². The summed E-state index contributed by atoms with van der Waals surface area (Å²) in [7, 11) is 1.37. The van der Waals surface area contributed by atoms with E-state index in [4.69, 9.17) is 21.1 Å². The highest BCUT2D eigenvalue weighted by Gasteiger charge is 2.44. The van der Waals surface area contributed by atoms with Gasteiger partial charge in [-0.3, -0.25) is 4.79 Å². The molecule has 2 heterocycles. The number of aliphatic carboxylic acids is 1. The molecule has 2 N–H and O–H groups in total. The average molecular weight is 378 g/mol. The quantitative estimate of drug-likeness (QED) is 0.851. The van der Waals surface area contributed by atoms with Crippen LogP contribution in [0.4, 0.5) is 13.2 Å². The molecule has 0 amide bonds. The predicted molar refractivity (Wildman–Crippen MR) is 83.8 cm³/mol. The van der Waals surface area contributed by atoms with Crippen LogP contribution in [-0.2, 0) is 32.5 Å². The monoisotopic (exact) mass is 377 g/mol. The fourth-order valence-corrected chi connectivity index (χ4v) is 3.62. The summed E-state index contributed by atoms with van der Waals surface area (Å²) in [6.07, 6.45) is -4.79. The number of carboxylic acid groups (broad SMARTS) is 1. The molecule has 0 saturated carbocycles. The summed E-state index contributed by atoms with van der Waals surface area (Å²) in [6.45, 7) is -0.0293. The highest BCUT2D eigenvalue weighted by atomic mass is 35.5. The Bertz CT molecular complexity index is 833. The summed E-state index contributed by atoms with van der Waals surface area (Å²) in [5.74, 6) is -1.15. The van der Waals surface area contributed by atoms with Gasteiger partial charge >= 0.3 is 12.1 Å². The molecule has 136 valence electrons. The first-order chi connectivity index (χ1) is 11.7. The van der Waals surface area contributed by atoms with E-state index in [-0.39, 0.29) is 41.3 Å². The molecule has 1 atom stereocenters. The minimum absolute atomic E-state index is 0.0378. The van der Waals surface area contributed by atoms with Crippen molar-refractivity contribution in [3.8, 4) is 0 Å². The van der Waals surface area contributed by atoms with Gasteiger partial charge in [0.15, 0.2) is 0 Å². The molecule has 25 heavy (non-hydrogen) atoms. The molecule has 0 aliphatic carbocycles. The minimum atomic E-state index is -4.56. The third-order valence-corrected chi connectivity index (χ3v) is 4.63. The molecule has 9 heteroatoms. The van der Waals surface area contributed by atoms with E-state index in [2.05, 4.69) is 4.98 Å². The fraction of sp³-hybridized carbons (Fsp3) is 0.438. The van der Waals surface area contributed by atoms with E-state index in [0.717, 1.165) is 6.07 Å². The summed E-state index contributed by atoms with van der Waals surface area (Å²) < 4.78 is 51.1. The van der Waals surface area contributed by atoms with Gasteiger partial charge < -0.3 is 19.6 Å². The Kier molecular flexibility index (Phi) is 4.47. The number of halogens is 4. The van der Waals surface area contributed by atoms with Gasteiger partial charge in [-0.2, -0.15) is 13.2 Å². The number of aromatic nitrogens is 1. The Balaban J connectivity index is 2.33. The average Bonchev–Trinajstić information content (AvgIpc) is 2.88. The third kappa shape index (κ3) is 2.98. The largest absolute Gasteiger partial charge is 0.481 e. The van der Waals surface area contributed by atoms with Crippen LogP contribution in [0.25, 0.3) is 10.9 Å². The number of methoxy groups -OCH3 is 1. The van der Waals surface area contributed by atoms with Crippen molar-refractivity contribution in [3.05, 3.63) is 34.0 Å². The number of hydrogen-bond acceptors (Lipinski definition) is 3. The van der Waals surface area contributed by atoms with E-state index in [0.29, 0.717) is 5.56 Å². The maximum atomic E-state index is 13.4. The molecule has 0 bridgehead atoms. The Morgan fingerprint density at radius 1 is 1.48 bits per heavy atom. The first-order valence-electron chi connectivity index (χ1n) is 7.45. The van der Waals surface area contributed by atoms with Gasteiger partial charge in [-0.15, -0.1) is 0 Å². The molecular formula is C16H15ClF3NO4. The first kappa shape index (κ1) is 18.0. The molecule has 1 aliphatic rings. The summed E-state index contributed by atoms with van der Waals surface area (Å²) in [6, 6.07) is 2.11. The van der Waals surface area contributed by atoms with Crippen LogP contribution < -0.4 is 0 Å². The van der Waals surface area contributed by atoms with Crippen molar-refractivity contribution in [2.24, 2.45) is 0 Å². The fourth-order valence-electron chi connectivity index (χ4n) is 3.42. The lowest BCUT2D eigenvalue weighted by Crippen LogP contribution is -2.41. The number of alkyl halides is 3. The number of benzene rings is 1. The standard InChI is InChI=1S/C16H15ClF3NO4/c1-24-7-15(6-11(22)23)14-8(4-5-25-15)12-9(16(18,19)20)2-3-10(17)13(12)21-14/h2-3,21H,4-7H2,1H3,(H,22,23). The Hall–Kier alpha value is -1.77. The van der Waals surface area contributed by atoms with Gasteiger partial charge in [0.2, 0.25) is 0 Å². The van der Waals surface area contributed by atoms with Crippen LogP contribution in [0.15, 0.2) is 12.1 Å². The van der Waals surface area contributed by atoms with Crippen LogP contribution >= 0.6 is 11.6 Å². The van der Waals surface area contributed by atoms with E-state index < -0.39 is 29.7 Å². The second-order valence-electron chi connectivity index (χ2n) is 5.92. The van der Waals surface area contributed by atoms with Gasteiger partial charge in [0.05, 0.1) is 41.4 Å². The van der Waals surface area contributed by atoms with E-state index in [1.807, 2.05) is 0 Å². The molecule has 0 saturated heterocycles. The molecule has 0 spiro atoms. The molecule has 1 unspecified atom stereocenters. The molecule has 0 fully saturated rings. The summed E-state index contributed by atoms with van der Waals surface area (Å²) in [4.78, 5) is 14.2. The van der Waals surface area contributed by atoms with Crippen molar-refractivity contribution >= 4 is 28.5 Å². The number of hydrogen-bond donors (Lipinski definition) is 2. The van der Waals surface area contributed by atoms with Gasteiger partial charge in [0.25, 0.3) is 0 Å². The second kappa shape index (κ2) is 6.19. The zero-order valence-corrected chi connectivity index (χ0v) is 13.9. The van der Waals surface area contributed by atoms with Crippen LogP contribution in [0, 0.1) is 0 Å². The predicted octanol–water partition coefficient (Wildman–Crippen LogP) is 3.73. The molecule has 0 radical (unpaired) electrons. The number of nitrogens with one attached hydrogen (secondary N) is 1. The molecule has 1 aromatic carbocycles. The minimum Gasteiger partial charge on any atom is -0.481 e. The number of fused-ring (bicyclic) bond motifs is 3. The van der Waals surface area contributed by atoms with Crippen LogP contribution in [-0.4, -0.2) is 36.4 Å². The third-order valence-electron chi connectivity index (χ3n) is 4.31. The second-order valence-corrected chi connectivity index (χ2v) is 6.32. The Morgan fingerprint density at radius 2 is 2.20 bits per heavy atom. The lowest BCUT2D eigenvalue weighted by atomic mass is 9.88. The van der Waals surface area contributed by atoms with Crippen molar-refractivity contribution in [1.82, 2.24) is 4.98 Å². The van der Waals surface area contributed by atoms with Crippen LogP contribution in [0.2, 0.25) is 5.02 Å². The smallest absolute Gasteiger partial charge is 0.417 e. The normalized spacial score (nSPS) is 20.7. The van der Waals surface area contributed by atoms with Crippen LogP contribution in [0.5, 0.6) is 0 Å². The van der Waals surface area contributed by atoms with Gasteiger partial charge in [0, 0.05) is 12.5 Å². The highest BCUT2D eigenvalue weighted by molar-refractivity contribution is 6.35.